The van der Waals surface area contributed by atoms with E-state index in [-0.39, 0.29) is 5.69 Å². The van der Waals surface area contributed by atoms with Crippen molar-refractivity contribution in [2.45, 2.75) is 11.4 Å². The number of carbonyl (C=O) groups is 2. The van der Waals surface area contributed by atoms with Crippen LogP contribution in [-0.2, 0) is 9.53 Å². The first-order valence-corrected chi connectivity index (χ1v) is 9.23. The Morgan fingerprint density at radius 1 is 1.23 bits per heavy atom. The van der Waals surface area contributed by atoms with Crippen molar-refractivity contribution < 1.29 is 18.7 Å². The van der Waals surface area contributed by atoms with E-state index in [1.54, 1.807) is 30.3 Å². The minimum Gasteiger partial charge on any atom is -0.467 e. The average molecular weight is 395 g/mol. The number of benzene rings is 2. The van der Waals surface area contributed by atoms with Crippen LogP contribution in [0.25, 0.3) is 0 Å². The van der Waals surface area contributed by atoms with Gasteiger partial charge in [0.05, 0.1) is 12.8 Å². The third kappa shape index (κ3) is 3.64. The standard InChI is InChI=1S/C18H16ClFN2O3S/c1-25-17(23)15-10-26-16(11-6-2-3-7-12(11)19)22(15)18(24)21-14-9-5-4-8-13(14)20/h2-9,15-16H,10H2,1H3,(H,21,24). The first-order valence-electron chi connectivity index (χ1n) is 7.80. The van der Waals surface area contributed by atoms with Crippen molar-refractivity contribution in [2.24, 2.45) is 0 Å². The number of nitrogens with one attached hydrogen (secondary N) is 1. The van der Waals surface area contributed by atoms with Crippen LogP contribution in [0.3, 0.4) is 0 Å². The summed E-state index contributed by atoms with van der Waals surface area (Å²) in [6, 6.07) is 11.6. The number of rotatable bonds is 3. The van der Waals surface area contributed by atoms with Crippen LogP contribution in [0.2, 0.25) is 5.02 Å². The van der Waals surface area contributed by atoms with Crippen LogP contribution in [0.15, 0.2) is 48.5 Å². The van der Waals surface area contributed by atoms with Gasteiger partial charge in [-0.05, 0) is 18.2 Å². The van der Waals surface area contributed by atoms with Gasteiger partial charge in [0.15, 0.2) is 0 Å². The molecular weight excluding hydrogens is 379 g/mol. The molecule has 0 aromatic heterocycles. The van der Waals surface area contributed by atoms with Gasteiger partial charge in [0, 0.05) is 16.3 Å². The van der Waals surface area contributed by atoms with Crippen molar-refractivity contribution in [1.29, 1.82) is 0 Å². The number of halogens is 2. The molecule has 0 aliphatic carbocycles. The van der Waals surface area contributed by atoms with Crippen LogP contribution < -0.4 is 5.32 Å². The number of carbonyl (C=O) groups excluding carboxylic acids is 2. The van der Waals surface area contributed by atoms with E-state index < -0.39 is 29.2 Å². The molecular formula is C18H16ClFN2O3S. The fraction of sp³-hybridized carbons (Fsp3) is 0.222. The molecule has 1 fully saturated rings. The van der Waals surface area contributed by atoms with Crippen LogP contribution >= 0.6 is 23.4 Å². The number of hydrogen-bond donors (Lipinski definition) is 1. The summed E-state index contributed by atoms with van der Waals surface area (Å²) in [6.45, 7) is 0. The van der Waals surface area contributed by atoms with Crippen LogP contribution in [0.1, 0.15) is 10.9 Å². The molecule has 1 N–H and O–H groups in total. The van der Waals surface area contributed by atoms with E-state index in [2.05, 4.69) is 5.32 Å². The molecule has 1 heterocycles. The zero-order valence-electron chi connectivity index (χ0n) is 13.8. The lowest BCUT2D eigenvalue weighted by molar-refractivity contribution is -0.144. The third-order valence-corrected chi connectivity index (χ3v) is 5.64. The Hall–Kier alpha value is -2.25. The number of methoxy groups -OCH3 is 1. The van der Waals surface area contributed by atoms with Crippen molar-refractivity contribution >= 4 is 41.1 Å². The topological polar surface area (TPSA) is 58.6 Å². The minimum atomic E-state index is -0.793. The lowest BCUT2D eigenvalue weighted by Gasteiger charge is -2.29. The van der Waals surface area contributed by atoms with Crippen molar-refractivity contribution in [2.75, 3.05) is 18.2 Å². The number of anilines is 1. The largest absolute Gasteiger partial charge is 0.467 e. The molecule has 1 aliphatic rings. The van der Waals surface area contributed by atoms with E-state index in [0.29, 0.717) is 16.3 Å². The lowest BCUT2D eigenvalue weighted by Crippen LogP contribution is -2.45. The Bertz CT molecular complexity index is 836. The second-order valence-electron chi connectivity index (χ2n) is 5.56. The monoisotopic (exact) mass is 394 g/mol. The van der Waals surface area contributed by atoms with E-state index >= 15 is 0 Å². The summed E-state index contributed by atoms with van der Waals surface area (Å²) in [5.74, 6) is -0.736. The number of amides is 2. The number of thioether (sulfide) groups is 1. The number of nitrogens with zero attached hydrogens (tertiary/aromatic N) is 1. The number of ether oxygens (including phenoxy) is 1. The van der Waals surface area contributed by atoms with Crippen molar-refractivity contribution in [3.63, 3.8) is 0 Å². The van der Waals surface area contributed by atoms with Crippen molar-refractivity contribution in [3.8, 4) is 0 Å². The highest BCUT2D eigenvalue weighted by molar-refractivity contribution is 7.99. The fourth-order valence-electron chi connectivity index (χ4n) is 2.73. The SMILES string of the molecule is COC(=O)C1CSC(c2ccccc2Cl)N1C(=O)Nc1ccccc1F. The maximum absolute atomic E-state index is 13.9. The predicted molar refractivity (Wildman–Crippen MR) is 99.7 cm³/mol. The van der Waals surface area contributed by atoms with Gasteiger partial charge >= 0.3 is 12.0 Å². The maximum Gasteiger partial charge on any atom is 0.329 e. The molecule has 26 heavy (non-hydrogen) atoms. The summed E-state index contributed by atoms with van der Waals surface area (Å²) in [5, 5.41) is 2.53. The summed E-state index contributed by atoms with van der Waals surface area (Å²) in [4.78, 5) is 26.4. The van der Waals surface area contributed by atoms with E-state index in [9.17, 15) is 14.0 Å². The number of urea groups is 1. The van der Waals surface area contributed by atoms with Gasteiger partial charge < -0.3 is 10.1 Å². The number of hydrogen-bond acceptors (Lipinski definition) is 4. The van der Waals surface area contributed by atoms with Gasteiger partial charge in [0.25, 0.3) is 0 Å². The lowest BCUT2D eigenvalue weighted by atomic mass is 10.2. The molecule has 2 aromatic carbocycles. The third-order valence-electron chi connectivity index (χ3n) is 3.99. The van der Waals surface area contributed by atoms with Gasteiger partial charge in [-0.3, -0.25) is 4.90 Å². The summed E-state index contributed by atoms with van der Waals surface area (Å²) in [7, 11) is 1.27. The molecule has 1 saturated heterocycles. The molecule has 2 unspecified atom stereocenters. The van der Waals surface area contributed by atoms with Crippen LogP contribution in [0, 0.1) is 5.82 Å². The van der Waals surface area contributed by atoms with Gasteiger partial charge in [0.1, 0.15) is 17.2 Å². The first kappa shape index (κ1) is 18.5. The van der Waals surface area contributed by atoms with Crippen molar-refractivity contribution in [3.05, 3.63) is 64.9 Å². The number of esters is 1. The molecule has 2 amide bonds. The van der Waals surface area contributed by atoms with Crippen molar-refractivity contribution in [1.82, 2.24) is 4.90 Å². The quantitative estimate of drug-likeness (QED) is 0.788. The van der Waals surface area contributed by atoms with Gasteiger partial charge in [0.2, 0.25) is 0 Å². The summed E-state index contributed by atoms with van der Waals surface area (Å²) in [6.07, 6.45) is 0. The highest BCUT2D eigenvalue weighted by Gasteiger charge is 2.43. The van der Waals surface area contributed by atoms with Gasteiger partial charge in [-0.2, -0.15) is 0 Å². The van der Waals surface area contributed by atoms with Gasteiger partial charge in [-0.1, -0.05) is 41.9 Å². The molecule has 0 radical (unpaired) electrons. The van der Waals surface area contributed by atoms with E-state index in [4.69, 9.17) is 16.3 Å². The normalized spacial score (nSPS) is 19.3. The van der Waals surface area contributed by atoms with Gasteiger partial charge in [-0.25, -0.2) is 14.0 Å². The zero-order valence-corrected chi connectivity index (χ0v) is 15.4. The molecule has 136 valence electrons. The smallest absolute Gasteiger partial charge is 0.329 e. The Kier molecular flexibility index (Phi) is 5.68. The van der Waals surface area contributed by atoms with E-state index in [1.807, 2.05) is 0 Å². The fourth-order valence-corrected chi connectivity index (χ4v) is 4.48. The second-order valence-corrected chi connectivity index (χ2v) is 7.08. The van der Waals surface area contributed by atoms with Crippen LogP contribution in [0.5, 0.6) is 0 Å². The molecule has 8 heteroatoms. The molecule has 0 spiro atoms. The summed E-state index contributed by atoms with van der Waals surface area (Å²) in [5.41, 5.74) is 0.741. The highest BCUT2D eigenvalue weighted by Crippen LogP contribution is 2.44. The molecule has 2 atom stereocenters. The molecule has 0 bridgehead atoms. The van der Waals surface area contributed by atoms with E-state index in [0.717, 1.165) is 0 Å². The molecule has 5 nitrogen and oxygen atoms in total. The second kappa shape index (κ2) is 7.97. The van der Waals surface area contributed by atoms with Crippen LogP contribution in [0.4, 0.5) is 14.9 Å². The molecule has 1 aliphatic heterocycles. The molecule has 3 rings (SSSR count). The predicted octanol–water partition coefficient (Wildman–Crippen LogP) is 4.30. The Balaban J connectivity index is 1.93. The first-order chi connectivity index (χ1) is 12.5. The zero-order chi connectivity index (χ0) is 18.7. The molecule has 2 aromatic rings. The summed E-state index contributed by atoms with van der Waals surface area (Å²) < 4.78 is 18.7. The summed E-state index contributed by atoms with van der Waals surface area (Å²) >= 11 is 7.67. The maximum atomic E-state index is 13.9. The Labute approximate surface area is 159 Å². The molecule has 0 saturated carbocycles. The van der Waals surface area contributed by atoms with E-state index in [1.165, 1.54) is 42.0 Å². The highest BCUT2D eigenvalue weighted by atomic mass is 35.5. The van der Waals surface area contributed by atoms with Gasteiger partial charge in [-0.15, -0.1) is 11.8 Å². The van der Waals surface area contributed by atoms with Crippen LogP contribution in [-0.4, -0.2) is 35.8 Å². The number of para-hydroxylation sites is 1. The average Bonchev–Trinajstić information content (AvgIpc) is 3.08. The Morgan fingerprint density at radius 3 is 2.62 bits per heavy atom. The minimum absolute atomic E-state index is 0.0379. The Morgan fingerprint density at radius 2 is 1.92 bits per heavy atom.